The van der Waals surface area contributed by atoms with Crippen molar-refractivity contribution in [3.05, 3.63) is 51.4 Å². The molecule has 0 fully saturated rings. The Labute approximate surface area is 169 Å². The Morgan fingerprint density at radius 3 is 2.48 bits per heavy atom. The molecule has 0 radical (unpaired) electrons. The molecule has 3 rings (SSSR count). The van der Waals surface area contributed by atoms with E-state index in [0.717, 1.165) is 29.7 Å². The molecule has 1 heterocycles. The molecule has 154 valence electrons. The summed E-state index contributed by atoms with van der Waals surface area (Å²) in [7, 11) is 6.27. The Bertz CT molecular complexity index is 971. The minimum absolute atomic E-state index is 0.0338. The number of nitrogens with one attached hydrogen (secondary N) is 1. The molecule has 29 heavy (non-hydrogen) atoms. The summed E-state index contributed by atoms with van der Waals surface area (Å²) in [5.74, 6) is 1.33. The van der Waals surface area contributed by atoms with Gasteiger partial charge in [-0.1, -0.05) is 0 Å². The van der Waals surface area contributed by atoms with Crippen LogP contribution in [0, 0.1) is 0 Å². The minimum Gasteiger partial charge on any atom is -0.493 e. The van der Waals surface area contributed by atoms with Gasteiger partial charge in [0.2, 0.25) is 11.7 Å². The molecule has 0 bridgehead atoms. The van der Waals surface area contributed by atoms with Gasteiger partial charge in [0, 0.05) is 25.2 Å². The van der Waals surface area contributed by atoms with Crippen LogP contribution in [-0.2, 0) is 24.7 Å². The third-order valence-electron chi connectivity index (χ3n) is 4.91. The van der Waals surface area contributed by atoms with E-state index in [1.807, 2.05) is 0 Å². The fourth-order valence-electron chi connectivity index (χ4n) is 3.43. The van der Waals surface area contributed by atoms with Crippen molar-refractivity contribution in [2.75, 3.05) is 21.3 Å². The lowest BCUT2D eigenvalue weighted by Gasteiger charge is -2.24. The van der Waals surface area contributed by atoms with Crippen molar-refractivity contribution in [3.63, 3.8) is 0 Å². The van der Waals surface area contributed by atoms with Crippen LogP contribution in [0.25, 0.3) is 6.08 Å². The number of hydrogen-bond acceptors (Lipinski definition) is 6. The van der Waals surface area contributed by atoms with E-state index in [1.54, 1.807) is 45.5 Å². The zero-order valence-corrected chi connectivity index (χ0v) is 17.0. The lowest BCUT2D eigenvalue weighted by Crippen LogP contribution is -2.39. The van der Waals surface area contributed by atoms with E-state index < -0.39 is 0 Å². The first kappa shape index (κ1) is 20.4. The van der Waals surface area contributed by atoms with Crippen LogP contribution in [0.15, 0.2) is 29.1 Å². The van der Waals surface area contributed by atoms with Crippen LogP contribution in [0.4, 0.5) is 0 Å². The normalized spacial score (nSPS) is 15.7. The fourth-order valence-corrected chi connectivity index (χ4v) is 3.43. The van der Waals surface area contributed by atoms with E-state index in [-0.39, 0.29) is 17.5 Å². The summed E-state index contributed by atoms with van der Waals surface area (Å²) in [5, 5.41) is 7.29. The summed E-state index contributed by atoms with van der Waals surface area (Å²) in [5.41, 5.74) is 2.43. The minimum atomic E-state index is -0.205. The summed E-state index contributed by atoms with van der Waals surface area (Å²) < 4.78 is 17.3. The average molecular weight is 399 g/mol. The van der Waals surface area contributed by atoms with Crippen LogP contribution in [0.3, 0.4) is 0 Å². The van der Waals surface area contributed by atoms with E-state index in [4.69, 9.17) is 14.2 Å². The van der Waals surface area contributed by atoms with Crippen LogP contribution in [0.5, 0.6) is 17.2 Å². The summed E-state index contributed by atoms with van der Waals surface area (Å²) in [4.78, 5) is 24.2. The predicted octanol–water partition coefficient (Wildman–Crippen LogP) is 1.49. The van der Waals surface area contributed by atoms with E-state index >= 15 is 0 Å². The Hall–Kier alpha value is -3.29. The van der Waals surface area contributed by atoms with E-state index in [0.29, 0.717) is 23.7 Å². The van der Waals surface area contributed by atoms with Crippen LogP contribution >= 0.6 is 0 Å². The molecule has 1 aromatic heterocycles. The maximum atomic E-state index is 12.4. The number of rotatable bonds is 6. The van der Waals surface area contributed by atoms with Gasteiger partial charge in [0.25, 0.3) is 5.56 Å². The molecular formula is C21H25N3O5. The first-order valence-corrected chi connectivity index (χ1v) is 9.29. The molecule has 2 aromatic rings. The zero-order chi connectivity index (χ0) is 21.0. The molecule has 1 aromatic carbocycles. The molecule has 0 saturated heterocycles. The van der Waals surface area contributed by atoms with Gasteiger partial charge >= 0.3 is 0 Å². The molecule has 1 aliphatic rings. The van der Waals surface area contributed by atoms with Crippen molar-refractivity contribution in [2.24, 2.45) is 7.05 Å². The van der Waals surface area contributed by atoms with E-state index in [1.165, 1.54) is 17.9 Å². The molecule has 1 aliphatic carbocycles. The topological polar surface area (TPSA) is 91.7 Å². The first-order valence-electron chi connectivity index (χ1n) is 9.29. The van der Waals surface area contributed by atoms with Crippen LogP contribution < -0.4 is 25.1 Å². The molecular weight excluding hydrogens is 374 g/mol. The van der Waals surface area contributed by atoms with Crippen molar-refractivity contribution in [3.8, 4) is 17.2 Å². The average Bonchev–Trinajstić information content (AvgIpc) is 2.72. The molecule has 1 N–H and O–H groups in total. The smallest absolute Gasteiger partial charge is 0.266 e. The molecule has 0 unspecified atom stereocenters. The fraction of sp³-hybridized carbons (Fsp3) is 0.381. The number of aryl methyl sites for hydroxylation is 2. The molecule has 8 nitrogen and oxygen atoms in total. The van der Waals surface area contributed by atoms with Gasteiger partial charge in [0.1, 0.15) is 0 Å². The quantitative estimate of drug-likeness (QED) is 0.740. The Morgan fingerprint density at radius 1 is 1.17 bits per heavy atom. The van der Waals surface area contributed by atoms with Gasteiger partial charge in [0.15, 0.2) is 11.5 Å². The number of carbonyl (C=O) groups excluding carboxylic acids is 1. The number of fused-ring (bicyclic) bond motifs is 1. The van der Waals surface area contributed by atoms with Gasteiger partial charge in [-0.05, 0) is 48.6 Å². The highest BCUT2D eigenvalue weighted by atomic mass is 16.5. The number of amides is 1. The van der Waals surface area contributed by atoms with E-state index in [9.17, 15) is 9.59 Å². The molecule has 1 amide bonds. The van der Waals surface area contributed by atoms with Gasteiger partial charge in [0.05, 0.1) is 27.0 Å². The second-order valence-electron chi connectivity index (χ2n) is 6.82. The van der Waals surface area contributed by atoms with Crippen molar-refractivity contribution in [2.45, 2.75) is 25.3 Å². The van der Waals surface area contributed by atoms with Crippen molar-refractivity contribution >= 4 is 12.0 Å². The number of ether oxygens (including phenoxy) is 3. The Kier molecular flexibility index (Phi) is 6.21. The third kappa shape index (κ3) is 4.59. The summed E-state index contributed by atoms with van der Waals surface area (Å²) in [6.07, 6.45) is 5.27. The zero-order valence-electron chi connectivity index (χ0n) is 17.0. The second kappa shape index (κ2) is 8.81. The second-order valence-corrected chi connectivity index (χ2v) is 6.82. The predicted molar refractivity (Wildman–Crippen MR) is 109 cm³/mol. The lowest BCUT2D eigenvalue weighted by molar-refractivity contribution is -0.117. The van der Waals surface area contributed by atoms with Crippen molar-refractivity contribution in [1.82, 2.24) is 15.1 Å². The van der Waals surface area contributed by atoms with Crippen LogP contribution in [0.1, 0.15) is 23.2 Å². The molecule has 0 aliphatic heterocycles. The van der Waals surface area contributed by atoms with Crippen molar-refractivity contribution < 1.29 is 19.0 Å². The Balaban J connectivity index is 1.69. The van der Waals surface area contributed by atoms with Crippen molar-refractivity contribution in [1.29, 1.82) is 0 Å². The number of benzene rings is 1. The van der Waals surface area contributed by atoms with Gasteiger partial charge in [-0.25, -0.2) is 4.68 Å². The van der Waals surface area contributed by atoms with Gasteiger partial charge < -0.3 is 19.5 Å². The number of carbonyl (C=O) groups is 1. The molecule has 0 spiro atoms. The highest BCUT2D eigenvalue weighted by Crippen LogP contribution is 2.38. The first-order chi connectivity index (χ1) is 13.9. The SMILES string of the molecule is COc1cc(/C=C/C(=O)N[C@@H]2CCc3nn(C)c(=O)cc3C2)cc(OC)c1OC. The lowest BCUT2D eigenvalue weighted by atomic mass is 9.92. The van der Waals surface area contributed by atoms with E-state index in [2.05, 4.69) is 10.4 Å². The largest absolute Gasteiger partial charge is 0.493 e. The third-order valence-corrected chi connectivity index (χ3v) is 4.91. The molecule has 0 saturated carbocycles. The summed E-state index contributed by atoms with van der Waals surface area (Å²) >= 11 is 0. The maximum absolute atomic E-state index is 12.4. The monoisotopic (exact) mass is 399 g/mol. The summed E-state index contributed by atoms with van der Waals surface area (Å²) in [6.45, 7) is 0. The maximum Gasteiger partial charge on any atom is 0.266 e. The number of aromatic nitrogens is 2. The summed E-state index contributed by atoms with van der Waals surface area (Å²) in [6, 6.07) is 5.10. The molecule has 1 atom stereocenters. The standard InChI is InChI=1S/C21H25N3O5/c1-24-20(26)12-14-11-15(6-7-16(14)23-24)22-19(25)8-5-13-9-17(27-2)21(29-4)18(10-13)28-3/h5,8-10,12,15H,6-7,11H2,1-4H3,(H,22,25)/b8-5+/t15-/m1/s1. The van der Waals surface area contributed by atoms with Gasteiger partial charge in [-0.15, -0.1) is 0 Å². The molecule has 8 heteroatoms. The van der Waals surface area contributed by atoms with Crippen LogP contribution in [-0.4, -0.2) is 43.1 Å². The number of hydrogen-bond donors (Lipinski definition) is 1. The number of nitrogens with zero attached hydrogens (tertiary/aromatic N) is 2. The van der Waals surface area contributed by atoms with Gasteiger partial charge in [-0.3, -0.25) is 9.59 Å². The highest BCUT2D eigenvalue weighted by molar-refractivity contribution is 5.92. The van der Waals surface area contributed by atoms with Crippen LogP contribution in [0.2, 0.25) is 0 Å². The number of methoxy groups -OCH3 is 3. The highest BCUT2D eigenvalue weighted by Gasteiger charge is 2.21. The Morgan fingerprint density at radius 2 is 1.86 bits per heavy atom. The van der Waals surface area contributed by atoms with Gasteiger partial charge in [-0.2, -0.15) is 5.10 Å².